The molecule has 6 heteroatoms. The molecule has 0 heterocycles. The third-order valence-corrected chi connectivity index (χ3v) is 14.6. The van der Waals surface area contributed by atoms with E-state index in [4.69, 9.17) is 14.2 Å². The van der Waals surface area contributed by atoms with Crippen LogP contribution in [-0.2, 0) is 28.6 Å². The van der Waals surface area contributed by atoms with Crippen molar-refractivity contribution in [1.29, 1.82) is 0 Å². The quantitative estimate of drug-likeness (QED) is 0.0343. The van der Waals surface area contributed by atoms with Crippen molar-refractivity contribution in [3.63, 3.8) is 0 Å². The van der Waals surface area contributed by atoms with Crippen molar-refractivity contribution >= 4 is 17.9 Å². The van der Waals surface area contributed by atoms with Crippen molar-refractivity contribution in [2.24, 2.45) is 11.8 Å². The predicted molar refractivity (Wildman–Crippen MR) is 293 cm³/mol. The van der Waals surface area contributed by atoms with Gasteiger partial charge in [0.1, 0.15) is 13.2 Å². The second kappa shape index (κ2) is 54.7. The molecular weight excluding hydrogens is 841 g/mol. The monoisotopic (exact) mass is 961 g/mol. The minimum Gasteiger partial charge on any atom is -0.462 e. The summed E-state index contributed by atoms with van der Waals surface area (Å²) < 4.78 is 16.9. The van der Waals surface area contributed by atoms with Crippen molar-refractivity contribution < 1.29 is 28.6 Å². The zero-order valence-corrected chi connectivity index (χ0v) is 46.7. The highest BCUT2D eigenvalue weighted by Gasteiger charge is 2.19. The molecule has 0 aromatic heterocycles. The fourth-order valence-corrected chi connectivity index (χ4v) is 9.55. The van der Waals surface area contributed by atoms with E-state index in [0.29, 0.717) is 19.3 Å². The molecule has 2 atom stereocenters. The molecule has 0 rings (SSSR count). The largest absolute Gasteiger partial charge is 0.462 e. The number of ether oxygens (including phenoxy) is 3. The molecule has 0 fully saturated rings. The van der Waals surface area contributed by atoms with Gasteiger partial charge in [0, 0.05) is 19.3 Å². The maximum absolute atomic E-state index is 12.9. The number of unbranched alkanes of at least 4 members (excludes halogenated alkanes) is 40. The van der Waals surface area contributed by atoms with Gasteiger partial charge in [-0.1, -0.05) is 311 Å². The first kappa shape index (κ1) is 66.4. The van der Waals surface area contributed by atoms with E-state index >= 15 is 0 Å². The number of hydrogen-bond acceptors (Lipinski definition) is 6. The third-order valence-electron chi connectivity index (χ3n) is 14.6. The zero-order chi connectivity index (χ0) is 49.6. The third kappa shape index (κ3) is 53.8. The van der Waals surface area contributed by atoms with Crippen LogP contribution < -0.4 is 0 Å². The summed E-state index contributed by atoms with van der Waals surface area (Å²) in [5, 5.41) is 0. The molecule has 404 valence electrons. The maximum Gasteiger partial charge on any atom is 0.306 e. The first-order valence-electron chi connectivity index (χ1n) is 30.8. The Hall–Kier alpha value is -1.59. The summed E-state index contributed by atoms with van der Waals surface area (Å²) in [5.41, 5.74) is 0. The summed E-state index contributed by atoms with van der Waals surface area (Å²) in [6.45, 7) is 11.5. The minimum atomic E-state index is -0.763. The van der Waals surface area contributed by atoms with Gasteiger partial charge in [0.15, 0.2) is 6.10 Å². The molecule has 0 aliphatic heterocycles. The van der Waals surface area contributed by atoms with Gasteiger partial charge in [0.25, 0.3) is 0 Å². The molecule has 0 aromatic carbocycles. The van der Waals surface area contributed by atoms with Gasteiger partial charge in [-0.25, -0.2) is 0 Å². The average molecular weight is 962 g/mol. The summed E-state index contributed by atoms with van der Waals surface area (Å²) in [6, 6.07) is 0. The lowest BCUT2D eigenvalue weighted by Gasteiger charge is -2.18. The molecule has 0 aliphatic rings. The van der Waals surface area contributed by atoms with Crippen LogP contribution in [0, 0.1) is 11.8 Å². The number of carbonyl (C=O) groups is 3. The Balaban J connectivity index is 4.29. The lowest BCUT2D eigenvalue weighted by Crippen LogP contribution is -2.30. The standard InChI is InChI=1S/C62H120O6/c1-6-8-9-10-11-12-13-14-15-16-17-20-24-27-34-39-44-49-54-62(65)68-59(56-67-61(64)53-48-43-38-33-29-28-31-36-41-46-51-58(5)7-2)55-66-60(63)52-47-42-37-32-26-23-21-18-19-22-25-30-35-40-45-50-57(3)4/h57-59H,6-56H2,1-5H3/t58?,59-/m0/s1. The zero-order valence-electron chi connectivity index (χ0n) is 46.7. The highest BCUT2D eigenvalue weighted by Crippen LogP contribution is 2.19. The normalized spacial score (nSPS) is 12.4. The lowest BCUT2D eigenvalue weighted by molar-refractivity contribution is -0.167. The number of rotatable bonds is 56. The van der Waals surface area contributed by atoms with E-state index in [9.17, 15) is 14.4 Å². The second-order valence-electron chi connectivity index (χ2n) is 22.1. The first-order chi connectivity index (χ1) is 33.3. The minimum absolute atomic E-state index is 0.0624. The van der Waals surface area contributed by atoms with Crippen LogP contribution in [0.3, 0.4) is 0 Å². The number of hydrogen-bond donors (Lipinski definition) is 0. The molecule has 6 nitrogen and oxygen atoms in total. The number of esters is 3. The molecule has 0 spiro atoms. The van der Waals surface area contributed by atoms with E-state index in [0.717, 1.165) is 69.6 Å². The van der Waals surface area contributed by atoms with Crippen molar-refractivity contribution in [2.45, 2.75) is 355 Å². The summed E-state index contributed by atoms with van der Waals surface area (Å²) in [4.78, 5) is 38.2. The van der Waals surface area contributed by atoms with Crippen molar-refractivity contribution in [3.05, 3.63) is 0 Å². The van der Waals surface area contributed by atoms with Crippen molar-refractivity contribution in [3.8, 4) is 0 Å². The summed E-state index contributed by atoms with van der Waals surface area (Å²) >= 11 is 0. The molecule has 0 saturated carbocycles. The maximum atomic E-state index is 12.9. The Morgan fingerprint density at radius 3 is 0.838 bits per heavy atom. The van der Waals surface area contributed by atoms with Gasteiger partial charge < -0.3 is 14.2 Å². The van der Waals surface area contributed by atoms with E-state index in [1.165, 1.54) is 238 Å². The predicted octanol–water partition coefficient (Wildman–Crippen LogP) is 20.4. The highest BCUT2D eigenvalue weighted by molar-refractivity contribution is 5.71. The summed E-state index contributed by atoms with van der Waals surface area (Å²) in [5.74, 6) is 0.884. The molecule has 0 amide bonds. The van der Waals surface area contributed by atoms with Gasteiger partial charge in [-0.05, 0) is 31.1 Å². The molecule has 0 N–H and O–H groups in total. The van der Waals surface area contributed by atoms with E-state index in [-0.39, 0.29) is 31.1 Å². The van der Waals surface area contributed by atoms with Gasteiger partial charge in [0.2, 0.25) is 0 Å². The second-order valence-corrected chi connectivity index (χ2v) is 22.1. The Labute approximate surface area is 425 Å². The van der Waals surface area contributed by atoms with Gasteiger partial charge in [-0.2, -0.15) is 0 Å². The highest BCUT2D eigenvalue weighted by atomic mass is 16.6. The van der Waals surface area contributed by atoms with Gasteiger partial charge >= 0.3 is 17.9 Å². The van der Waals surface area contributed by atoms with Crippen LogP contribution >= 0.6 is 0 Å². The molecule has 1 unspecified atom stereocenters. The van der Waals surface area contributed by atoms with E-state index in [2.05, 4.69) is 34.6 Å². The smallest absolute Gasteiger partial charge is 0.306 e. The van der Waals surface area contributed by atoms with Crippen molar-refractivity contribution in [2.75, 3.05) is 13.2 Å². The van der Waals surface area contributed by atoms with Crippen LogP contribution in [0.15, 0.2) is 0 Å². The molecule has 0 aromatic rings. The molecule has 0 bridgehead atoms. The topological polar surface area (TPSA) is 78.9 Å². The van der Waals surface area contributed by atoms with Crippen LogP contribution in [0.2, 0.25) is 0 Å². The van der Waals surface area contributed by atoms with Crippen LogP contribution in [-0.4, -0.2) is 37.2 Å². The average Bonchev–Trinajstić information content (AvgIpc) is 3.32. The summed E-state index contributed by atoms with van der Waals surface area (Å²) in [7, 11) is 0. The fourth-order valence-electron chi connectivity index (χ4n) is 9.55. The van der Waals surface area contributed by atoms with Crippen LogP contribution in [0.1, 0.15) is 349 Å². The molecule has 0 aliphatic carbocycles. The fraction of sp³-hybridized carbons (Fsp3) is 0.952. The Morgan fingerprint density at radius 1 is 0.309 bits per heavy atom. The van der Waals surface area contributed by atoms with E-state index < -0.39 is 6.10 Å². The molecular formula is C62H120O6. The van der Waals surface area contributed by atoms with Crippen LogP contribution in [0.5, 0.6) is 0 Å². The van der Waals surface area contributed by atoms with Crippen LogP contribution in [0.25, 0.3) is 0 Å². The molecule has 68 heavy (non-hydrogen) atoms. The molecule has 0 saturated heterocycles. The molecule has 0 radical (unpaired) electrons. The summed E-state index contributed by atoms with van der Waals surface area (Å²) in [6.07, 6.45) is 59.5. The van der Waals surface area contributed by atoms with E-state index in [1.807, 2.05) is 0 Å². The Bertz CT molecular complexity index is 1040. The van der Waals surface area contributed by atoms with Gasteiger partial charge in [-0.15, -0.1) is 0 Å². The first-order valence-corrected chi connectivity index (χ1v) is 30.8. The van der Waals surface area contributed by atoms with Gasteiger partial charge in [-0.3, -0.25) is 14.4 Å². The van der Waals surface area contributed by atoms with Crippen molar-refractivity contribution in [1.82, 2.24) is 0 Å². The Morgan fingerprint density at radius 2 is 0.559 bits per heavy atom. The SMILES string of the molecule is CCCCCCCCCCCCCCCCCCCCC(=O)O[C@@H](COC(=O)CCCCCCCCCCCCCCCCCC(C)C)COC(=O)CCCCCCCCCCCCC(C)CC. The Kier molecular flexibility index (Phi) is 53.5. The lowest BCUT2D eigenvalue weighted by atomic mass is 9.99. The van der Waals surface area contributed by atoms with E-state index in [1.54, 1.807) is 0 Å². The van der Waals surface area contributed by atoms with Crippen LogP contribution in [0.4, 0.5) is 0 Å². The number of carbonyl (C=O) groups excluding carboxylic acids is 3. The van der Waals surface area contributed by atoms with Gasteiger partial charge in [0.05, 0.1) is 0 Å².